The van der Waals surface area contributed by atoms with E-state index in [1.807, 2.05) is 24.3 Å². The van der Waals surface area contributed by atoms with Gasteiger partial charge in [0.25, 0.3) is 6.02 Å². The van der Waals surface area contributed by atoms with Gasteiger partial charge in [0.15, 0.2) is 5.54 Å². The van der Waals surface area contributed by atoms with Gasteiger partial charge in [0, 0.05) is 16.0 Å². The molecule has 6 heteroatoms. The van der Waals surface area contributed by atoms with Gasteiger partial charge in [0.05, 0.1) is 6.61 Å². The third kappa shape index (κ3) is 4.04. The fourth-order valence-corrected chi connectivity index (χ4v) is 4.59. The molecule has 2 N–H and O–H groups in total. The molecule has 1 spiro atoms. The van der Waals surface area contributed by atoms with E-state index < -0.39 is 5.54 Å². The summed E-state index contributed by atoms with van der Waals surface area (Å²) in [4.78, 5) is 6.04. The van der Waals surface area contributed by atoms with Gasteiger partial charge in [-0.15, -0.1) is 11.8 Å². The largest absolute Gasteiger partial charge is 0.493 e. The topological polar surface area (TPSA) is 66.1 Å². The van der Waals surface area contributed by atoms with E-state index in [1.54, 1.807) is 11.8 Å². The minimum Gasteiger partial charge on any atom is -0.493 e. The fraction of sp³-hybridized carbons (Fsp3) is 0.296. The molecule has 0 saturated carbocycles. The van der Waals surface area contributed by atoms with Gasteiger partial charge >= 0.3 is 0 Å². The van der Waals surface area contributed by atoms with E-state index in [0.717, 1.165) is 39.5 Å². The second kappa shape index (κ2) is 8.03. The average Bonchev–Trinajstić information content (AvgIpc) is 3.20. The van der Waals surface area contributed by atoms with Crippen molar-refractivity contribution in [3.8, 4) is 28.4 Å². The highest BCUT2D eigenvalue weighted by Gasteiger charge is 2.47. The molecule has 2 heterocycles. The van der Waals surface area contributed by atoms with Crippen LogP contribution in [0.3, 0.4) is 0 Å². The zero-order valence-electron chi connectivity index (χ0n) is 19.3. The fourth-order valence-electron chi connectivity index (χ4n) is 4.19. The molecule has 2 aliphatic heterocycles. The molecular weight excluding hydrogens is 432 g/mol. The third-order valence-electron chi connectivity index (χ3n) is 5.87. The normalized spacial score (nSPS) is 18.7. The zero-order chi connectivity index (χ0) is 23.2. The summed E-state index contributed by atoms with van der Waals surface area (Å²) in [7, 11) is 0. The van der Waals surface area contributed by atoms with Crippen molar-refractivity contribution in [3.05, 3.63) is 71.8 Å². The van der Waals surface area contributed by atoms with Gasteiger partial charge in [0.1, 0.15) is 23.9 Å². The second-order valence-corrected chi connectivity index (χ2v) is 10.5. The maximum absolute atomic E-state index is 6.30. The smallest absolute Gasteiger partial charge is 0.283 e. The lowest BCUT2D eigenvalue weighted by Gasteiger charge is -2.34. The molecule has 1 atom stereocenters. The first-order valence-corrected chi connectivity index (χ1v) is 12.2. The number of thioether (sulfide) groups is 1. The number of amidine groups is 1. The van der Waals surface area contributed by atoms with E-state index in [9.17, 15) is 0 Å². The van der Waals surface area contributed by atoms with Crippen molar-refractivity contribution in [1.82, 2.24) is 0 Å². The van der Waals surface area contributed by atoms with Crippen molar-refractivity contribution in [2.75, 3.05) is 19.5 Å². The molecule has 0 aliphatic carbocycles. The number of fused-ring (bicyclic) bond motifs is 4. The standard InChI is InChI=1S/C27H28N2O3S/c1-26(2,3)15-30-19-8-12-24-22(14-19)27(16-31-25(28)29-27)21-13-18(7-11-23(21)32-24)17-5-9-20(33-4)10-6-17/h5-14H,15-16H2,1-4H3,(H2,28,29)/t27-/m1/s1. The number of nitrogens with two attached hydrogens (primary N) is 1. The Morgan fingerprint density at radius 2 is 1.64 bits per heavy atom. The van der Waals surface area contributed by atoms with Crippen molar-refractivity contribution in [2.24, 2.45) is 16.1 Å². The van der Waals surface area contributed by atoms with Gasteiger partial charge in [-0.1, -0.05) is 39.0 Å². The lowest BCUT2D eigenvalue weighted by Crippen LogP contribution is -2.31. The molecule has 0 radical (unpaired) electrons. The minimum absolute atomic E-state index is 0.0521. The van der Waals surface area contributed by atoms with Gasteiger partial charge in [-0.25, -0.2) is 4.99 Å². The Morgan fingerprint density at radius 3 is 2.27 bits per heavy atom. The van der Waals surface area contributed by atoms with Crippen LogP contribution in [0.2, 0.25) is 0 Å². The Hall–Kier alpha value is -3.12. The summed E-state index contributed by atoms with van der Waals surface area (Å²) < 4.78 is 18.1. The Labute approximate surface area is 199 Å². The van der Waals surface area contributed by atoms with Gasteiger partial charge in [0.2, 0.25) is 0 Å². The zero-order valence-corrected chi connectivity index (χ0v) is 20.2. The molecule has 170 valence electrons. The highest BCUT2D eigenvalue weighted by atomic mass is 32.2. The number of benzene rings is 3. The monoisotopic (exact) mass is 460 g/mol. The molecule has 5 nitrogen and oxygen atoms in total. The lowest BCUT2D eigenvalue weighted by atomic mass is 9.80. The van der Waals surface area contributed by atoms with E-state index in [-0.39, 0.29) is 11.4 Å². The van der Waals surface area contributed by atoms with Crippen LogP contribution in [0.15, 0.2) is 70.6 Å². The molecule has 5 rings (SSSR count). The maximum atomic E-state index is 6.30. The van der Waals surface area contributed by atoms with Crippen LogP contribution in [0, 0.1) is 5.41 Å². The molecule has 3 aromatic rings. The van der Waals surface area contributed by atoms with E-state index in [0.29, 0.717) is 13.2 Å². The molecule has 0 saturated heterocycles. The van der Waals surface area contributed by atoms with E-state index >= 15 is 0 Å². The number of rotatable bonds is 4. The highest BCUT2D eigenvalue weighted by Crippen LogP contribution is 2.52. The number of hydrogen-bond donors (Lipinski definition) is 1. The third-order valence-corrected chi connectivity index (χ3v) is 6.61. The van der Waals surface area contributed by atoms with Crippen LogP contribution < -0.4 is 15.2 Å². The molecule has 0 amide bonds. The summed E-state index contributed by atoms with van der Waals surface area (Å²) in [5, 5.41) is 0. The molecular formula is C27H28N2O3S. The molecule has 3 aromatic carbocycles. The van der Waals surface area contributed by atoms with Crippen LogP contribution in [0.1, 0.15) is 31.9 Å². The van der Waals surface area contributed by atoms with E-state index in [1.165, 1.54) is 4.90 Å². The predicted molar refractivity (Wildman–Crippen MR) is 133 cm³/mol. The minimum atomic E-state index is -0.774. The summed E-state index contributed by atoms with van der Waals surface area (Å²) in [6.07, 6.45) is 2.08. The molecule has 0 fully saturated rings. The SMILES string of the molecule is CSc1ccc(-c2ccc3c(c2)[C@]2(COC(N)=N2)c2cc(OCC(C)(C)C)ccc2O3)cc1. The molecule has 0 aromatic heterocycles. The quantitative estimate of drug-likeness (QED) is 0.470. The first-order chi connectivity index (χ1) is 15.8. The van der Waals surface area contributed by atoms with E-state index in [4.69, 9.17) is 24.9 Å². The Morgan fingerprint density at radius 1 is 0.970 bits per heavy atom. The molecule has 0 unspecified atom stereocenters. The molecule has 33 heavy (non-hydrogen) atoms. The van der Waals surface area contributed by atoms with Crippen molar-refractivity contribution >= 4 is 17.8 Å². The van der Waals surface area contributed by atoms with Crippen molar-refractivity contribution in [1.29, 1.82) is 0 Å². The first-order valence-electron chi connectivity index (χ1n) is 11.0. The molecule has 0 bridgehead atoms. The van der Waals surface area contributed by atoms with Crippen molar-refractivity contribution < 1.29 is 14.2 Å². The van der Waals surface area contributed by atoms with Gasteiger partial charge in [-0.2, -0.15) is 0 Å². The first kappa shape index (κ1) is 21.7. The van der Waals surface area contributed by atoms with Crippen LogP contribution in [0.25, 0.3) is 11.1 Å². The summed E-state index contributed by atoms with van der Waals surface area (Å²) in [5.74, 6) is 2.28. The second-order valence-electron chi connectivity index (χ2n) is 9.65. The van der Waals surface area contributed by atoms with Gasteiger partial charge in [-0.05, 0) is 65.3 Å². The summed E-state index contributed by atoms with van der Waals surface area (Å²) >= 11 is 1.73. The predicted octanol–water partition coefficient (Wildman–Crippen LogP) is 6.19. The van der Waals surface area contributed by atoms with Gasteiger partial charge in [-0.3, -0.25) is 0 Å². The van der Waals surface area contributed by atoms with Crippen molar-refractivity contribution in [3.63, 3.8) is 0 Å². The highest BCUT2D eigenvalue weighted by molar-refractivity contribution is 7.98. The van der Waals surface area contributed by atoms with Crippen LogP contribution in [-0.2, 0) is 10.3 Å². The van der Waals surface area contributed by atoms with E-state index in [2.05, 4.69) is 63.4 Å². The van der Waals surface area contributed by atoms with Gasteiger partial charge < -0.3 is 19.9 Å². The Kier molecular flexibility index (Phi) is 5.28. The number of ether oxygens (including phenoxy) is 3. The van der Waals surface area contributed by atoms with Crippen LogP contribution in [0.4, 0.5) is 0 Å². The maximum Gasteiger partial charge on any atom is 0.283 e. The Bertz CT molecular complexity index is 1230. The van der Waals surface area contributed by atoms with Crippen LogP contribution in [0.5, 0.6) is 17.2 Å². The summed E-state index contributed by atoms with van der Waals surface area (Å²) in [6, 6.07) is 20.8. The van der Waals surface area contributed by atoms with Crippen molar-refractivity contribution in [2.45, 2.75) is 31.2 Å². The number of hydrogen-bond acceptors (Lipinski definition) is 6. The summed E-state index contributed by atoms with van der Waals surface area (Å²) in [6.45, 7) is 7.37. The van der Waals surface area contributed by atoms with Crippen LogP contribution in [-0.4, -0.2) is 25.5 Å². The number of nitrogens with zero attached hydrogens (tertiary/aromatic N) is 1. The lowest BCUT2D eigenvalue weighted by molar-refractivity contribution is 0.197. The Balaban J connectivity index is 1.60. The number of aliphatic imine (C=N–C) groups is 1. The average molecular weight is 461 g/mol. The summed E-state index contributed by atoms with van der Waals surface area (Å²) in [5.41, 5.74) is 9.39. The molecule has 2 aliphatic rings. The van der Waals surface area contributed by atoms with Crippen LogP contribution >= 0.6 is 11.8 Å².